The quantitative estimate of drug-likeness (QED) is 0.675. The highest BCUT2D eigenvalue weighted by Gasteiger charge is 2.47. The summed E-state index contributed by atoms with van der Waals surface area (Å²) in [6.07, 6.45) is -1.18. The van der Waals surface area contributed by atoms with Crippen LogP contribution in [0.1, 0.15) is 41.4 Å². The summed E-state index contributed by atoms with van der Waals surface area (Å²) in [5.41, 5.74) is 1.24. The molecule has 2 aromatic carbocycles. The van der Waals surface area contributed by atoms with Crippen molar-refractivity contribution in [3.05, 3.63) is 69.1 Å². The average Bonchev–Trinajstić information content (AvgIpc) is 2.98. The van der Waals surface area contributed by atoms with Crippen LogP contribution in [0.25, 0.3) is 0 Å². The first-order chi connectivity index (χ1) is 14.2. The van der Waals surface area contributed by atoms with Crippen molar-refractivity contribution in [2.75, 3.05) is 0 Å². The van der Waals surface area contributed by atoms with E-state index in [4.69, 9.17) is 16.3 Å². The molecule has 1 aliphatic heterocycles. The predicted octanol–water partition coefficient (Wildman–Crippen LogP) is 5.42. The van der Waals surface area contributed by atoms with Gasteiger partial charge in [0.1, 0.15) is 22.5 Å². The molecule has 1 N–H and O–H groups in total. The molecule has 4 aliphatic rings. The van der Waals surface area contributed by atoms with Crippen LogP contribution < -0.4 is 9.46 Å². The number of carbonyl (C=O) groups is 1. The summed E-state index contributed by atoms with van der Waals surface area (Å²) in [7, 11) is -1.52. The molecule has 2 unspecified atom stereocenters. The maximum absolute atomic E-state index is 12.8. The van der Waals surface area contributed by atoms with Crippen LogP contribution in [0.3, 0.4) is 0 Å². The number of carbonyl (C=O) groups excluding carboxylic acids is 1. The van der Waals surface area contributed by atoms with E-state index < -0.39 is 22.7 Å². The second kappa shape index (κ2) is 6.85. The minimum absolute atomic E-state index is 0.0894. The van der Waals surface area contributed by atoms with Crippen LogP contribution in [0, 0.1) is 5.92 Å². The van der Waals surface area contributed by atoms with Gasteiger partial charge in [-0.3, -0.25) is 9.52 Å². The lowest BCUT2D eigenvalue weighted by Gasteiger charge is -2.48. The topological polar surface area (TPSA) is 55.4 Å². The van der Waals surface area contributed by atoms with E-state index in [-0.39, 0.29) is 22.6 Å². The summed E-state index contributed by atoms with van der Waals surface area (Å²) in [4.78, 5) is 12.2. The third kappa shape index (κ3) is 3.22. The summed E-state index contributed by atoms with van der Waals surface area (Å²) < 4.78 is 59.0. The maximum atomic E-state index is 12.8. The zero-order valence-corrected chi connectivity index (χ0v) is 16.9. The molecule has 30 heavy (non-hydrogen) atoms. The van der Waals surface area contributed by atoms with Gasteiger partial charge >= 0.3 is 6.18 Å². The molecule has 156 valence electrons. The smallest absolute Gasteiger partial charge is 0.416 e. The van der Waals surface area contributed by atoms with Gasteiger partial charge in [-0.1, -0.05) is 17.7 Å². The molecule has 0 saturated heterocycles. The molecule has 2 atom stereocenters. The first kappa shape index (κ1) is 19.6. The minimum atomic E-state index is -4.48. The molecule has 0 radical (unpaired) electrons. The van der Waals surface area contributed by atoms with Gasteiger partial charge in [-0.05, 0) is 66.1 Å². The normalized spacial score (nSPS) is 27.1. The molecule has 1 heterocycles. The number of rotatable bonds is 3. The number of hydrogen-bond donors (Lipinski definition) is 1. The van der Waals surface area contributed by atoms with Gasteiger partial charge in [-0.2, -0.15) is 13.2 Å². The Morgan fingerprint density at radius 2 is 1.87 bits per heavy atom. The zero-order chi connectivity index (χ0) is 21.2. The molecule has 3 aliphatic carbocycles. The van der Waals surface area contributed by atoms with Crippen molar-refractivity contribution in [3.8, 4) is 11.5 Å². The number of nitrogens with one attached hydrogen (secondary N) is 1. The van der Waals surface area contributed by atoms with E-state index in [1.54, 1.807) is 6.07 Å². The third-order valence-electron chi connectivity index (χ3n) is 5.95. The van der Waals surface area contributed by atoms with Gasteiger partial charge < -0.3 is 4.74 Å². The lowest BCUT2D eigenvalue weighted by molar-refractivity contribution is -0.137. The molecule has 9 heteroatoms. The Labute approximate surface area is 177 Å². The van der Waals surface area contributed by atoms with E-state index in [0.717, 1.165) is 36.1 Å². The van der Waals surface area contributed by atoms with Crippen LogP contribution in [0.15, 0.2) is 47.4 Å². The fourth-order valence-electron chi connectivity index (χ4n) is 4.54. The Bertz CT molecular complexity index is 1120. The summed E-state index contributed by atoms with van der Waals surface area (Å²) in [6.45, 7) is 0. The summed E-state index contributed by atoms with van der Waals surface area (Å²) >= 11 is 6.00. The first-order valence-corrected chi connectivity index (χ1v) is 10.9. The lowest BCUT2D eigenvalue weighted by Crippen LogP contribution is -2.36. The Balaban J connectivity index is 1.45. The molecule has 4 nitrogen and oxygen atoms in total. The van der Waals surface area contributed by atoms with Crippen molar-refractivity contribution < 1.29 is 26.9 Å². The standard InChI is InChI=1S/C21H15ClF3NO3S/c22-16-7-12(21(23,24)25)1-4-17(16)29-13-2-3-14-15(8-13)10-5-11(6-10)20(14)18-9-19(27)26-30(18)28/h1-4,7-11,20H,5-6H2,(H,26,27). The van der Waals surface area contributed by atoms with Crippen LogP contribution in [-0.4, -0.2) is 10.1 Å². The molecule has 6 rings (SSSR count). The van der Waals surface area contributed by atoms with E-state index in [0.29, 0.717) is 22.5 Å². The fourth-order valence-corrected chi connectivity index (χ4v) is 5.88. The molecule has 2 bridgehead atoms. The maximum Gasteiger partial charge on any atom is 0.416 e. The summed E-state index contributed by atoms with van der Waals surface area (Å²) in [5, 5.41) is -0.125. The van der Waals surface area contributed by atoms with Crippen molar-refractivity contribution in [1.82, 2.24) is 4.72 Å². The van der Waals surface area contributed by atoms with Gasteiger partial charge in [0.2, 0.25) is 0 Å². The number of benzene rings is 2. The molecular formula is C21H15ClF3NO3S. The molecule has 1 saturated carbocycles. The predicted molar refractivity (Wildman–Crippen MR) is 106 cm³/mol. The van der Waals surface area contributed by atoms with Crippen molar-refractivity contribution in [3.63, 3.8) is 0 Å². The van der Waals surface area contributed by atoms with Gasteiger partial charge in [0.25, 0.3) is 5.91 Å². The van der Waals surface area contributed by atoms with Crippen LogP contribution in [-0.2, 0) is 22.0 Å². The van der Waals surface area contributed by atoms with E-state index in [9.17, 15) is 22.2 Å². The van der Waals surface area contributed by atoms with E-state index in [1.165, 1.54) is 12.1 Å². The van der Waals surface area contributed by atoms with Gasteiger partial charge in [0, 0.05) is 12.0 Å². The minimum Gasteiger partial charge on any atom is -0.456 e. The summed E-state index contributed by atoms with van der Waals surface area (Å²) in [5.74, 6) is 0.873. The molecule has 1 fully saturated rings. The molecule has 0 spiro atoms. The molecule has 1 amide bonds. The zero-order valence-electron chi connectivity index (χ0n) is 15.3. The molecular weight excluding hydrogens is 439 g/mol. The van der Waals surface area contributed by atoms with Crippen LogP contribution in [0.5, 0.6) is 11.5 Å². The number of amides is 1. The number of alkyl halides is 3. The highest BCUT2D eigenvalue weighted by atomic mass is 35.5. The van der Waals surface area contributed by atoms with Crippen molar-refractivity contribution >= 4 is 28.5 Å². The fraction of sp³-hybridized carbons (Fsp3) is 0.286. The van der Waals surface area contributed by atoms with Crippen molar-refractivity contribution in [2.24, 2.45) is 5.92 Å². The average molecular weight is 454 g/mol. The Morgan fingerprint density at radius 3 is 2.50 bits per heavy atom. The van der Waals surface area contributed by atoms with Crippen LogP contribution in [0.2, 0.25) is 5.02 Å². The van der Waals surface area contributed by atoms with E-state index in [1.807, 2.05) is 12.1 Å². The van der Waals surface area contributed by atoms with Crippen LogP contribution >= 0.6 is 11.6 Å². The Hall–Kier alpha value is -2.32. The monoisotopic (exact) mass is 453 g/mol. The Morgan fingerprint density at radius 1 is 1.10 bits per heavy atom. The number of hydrogen-bond acceptors (Lipinski definition) is 3. The number of allylic oxidation sites excluding steroid dienone is 1. The van der Waals surface area contributed by atoms with Crippen molar-refractivity contribution in [2.45, 2.75) is 30.9 Å². The highest BCUT2D eigenvalue weighted by Crippen LogP contribution is 2.59. The largest absolute Gasteiger partial charge is 0.456 e. The van der Waals surface area contributed by atoms with Gasteiger partial charge in [0.05, 0.1) is 15.5 Å². The number of halogens is 4. The third-order valence-corrected chi connectivity index (χ3v) is 7.44. The van der Waals surface area contributed by atoms with Gasteiger partial charge in [-0.25, -0.2) is 4.21 Å². The SMILES string of the molecule is O=C1C=C(C2c3ccc(Oc4ccc(C(F)(F)F)cc4Cl)cc3C3CC2C3)S(=O)N1. The van der Waals surface area contributed by atoms with Gasteiger partial charge in [-0.15, -0.1) is 0 Å². The summed E-state index contributed by atoms with van der Waals surface area (Å²) in [6, 6.07) is 8.44. The van der Waals surface area contributed by atoms with Crippen molar-refractivity contribution in [1.29, 1.82) is 0 Å². The second-order valence-electron chi connectivity index (χ2n) is 7.72. The molecule has 2 aromatic rings. The lowest BCUT2D eigenvalue weighted by atomic mass is 9.57. The van der Waals surface area contributed by atoms with E-state index >= 15 is 0 Å². The number of ether oxygens (including phenoxy) is 1. The highest BCUT2D eigenvalue weighted by molar-refractivity contribution is 7.88. The van der Waals surface area contributed by atoms with E-state index in [2.05, 4.69) is 4.72 Å². The first-order valence-electron chi connectivity index (χ1n) is 9.33. The van der Waals surface area contributed by atoms with Gasteiger partial charge in [0.15, 0.2) is 0 Å². The second-order valence-corrected chi connectivity index (χ2v) is 9.34. The molecule has 0 aromatic heterocycles. The van der Waals surface area contributed by atoms with Crippen LogP contribution in [0.4, 0.5) is 13.2 Å². The Kier molecular flexibility index (Phi) is 4.48.